The van der Waals surface area contributed by atoms with Gasteiger partial charge in [-0.15, -0.1) is 0 Å². The van der Waals surface area contributed by atoms with Crippen LogP contribution in [0, 0.1) is 11.3 Å². The summed E-state index contributed by atoms with van der Waals surface area (Å²) in [5, 5.41) is 11.0. The number of para-hydroxylation sites is 1. The summed E-state index contributed by atoms with van der Waals surface area (Å²) >= 11 is 5.87. The third kappa shape index (κ3) is 3.18. The molecule has 0 aliphatic heterocycles. The maximum atomic E-state index is 9.33. The molecule has 0 radical (unpaired) electrons. The van der Waals surface area contributed by atoms with Gasteiger partial charge in [0.1, 0.15) is 18.4 Å². The molecule has 1 heterocycles. The highest BCUT2D eigenvalue weighted by atomic mass is 35.5. The fourth-order valence-electron chi connectivity index (χ4n) is 2.78. The van der Waals surface area contributed by atoms with E-state index in [2.05, 4.69) is 23.6 Å². The SMILES string of the molecule is CCc1cccc2c(C#N)cn(CCOc3ccc(Cl)cc3)c12. The van der Waals surface area contributed by atoms with Gasteiger partial charge in [-0.3, -0.25) is 0 Å². The summed E-state index contributed by atoms with van der Waals surface area (Å²) in [4.78, 5) is 0. The van der Waals surface area contributed by atoms with Crippen molar-refractivity contribution in [2.45, 2.75) is 19.9 Å². The Balaban J connectivity index is 1.82. The molecule has 0 aliphatic carbocycles. The highest BCUT2D eigenvalue weighted by Gasteiger charge is 2.11. The summed E-state index contributed by atoms with van der Waals surface area (Å²) in [5.74, 6) is 0.794. The van der Waals surface area contributed by atoms with E-state index >= 15 is 0 Å². The molecule has 4 heteroatoms. The van der Waals surface area contributed by atoms with E-state index in [9.17, 15) is 5.26 Å². The summed E-state index contributed by atoms with van der Waals surface area (Å²) in [6.45, 7) is 3.36. The Morgan fingerprint density at radius 2 is 1.96 bits per heavy atom. The van der Waals surface area contributed by atoms with Crippen molar-refractivity contribution in [2.75, 3.05) is 6.61 Å². The van der Waals surface area contributed by atoms with Gasteiger partial charge < -0.3 is 9.30 Å². The van der Waals surface area contributed by atoms with Gasteiger partial charge in [0.05, 0.1) is 17.6 Å². The molecular weight excluding hydrogens is 308 g/mol. The monoisotopic (exact) mass is 324 g/mol. The van der Waals surface area contributed by atoms with Crippen molar-refractivity contribution in [3.05, 3.63) is 64.8 Å². The number of nitriles is 1. The minimum absolute atomic E-state index is 0.536. The minimum Gasteiger partial charge on any atom is -0.492 e. The second-order valence-electron chi connectivity index (χ2n) is 5.32. The third-order valence-corrected chi connectivity index (χ3v) is 4.15. The van der Waals surface area contributed by atoms with Crippen LogP contribution >= 0.6 is 11.6 Å². The highest BCUT2D eigenvalue weighted by Crippen LogP contribution is 2.25. The van der Waals surface area contributed by atoms with E-state index in [1.165, 1.54) is 5.56 Å². The van der Waals surface area contributed by atoms with E-state index in [1.54, 1.807) is 0 Å². The van der Waals surface area contributed by atoms with Gasteiger partial charge in [0, 0.05) is 16.6 Å². The molecule has 3 nitrogen and oxygen atoms in total. The summed E-state index contributed by atoms with van der Waals surface area (Å²) in [6.07, 6.45) is 2.85. The van der Waals surface area contributed by atoms with Crippen molar-refractivity contribution in [3.8, 4) is 11.8 Å². The summed E-state index contributed by atoms with van der Waals surface area (Å²) in [7, 11) is 0. The molecule has 116 valence electrons. The fraction of sp³-hybridized carbons (Fsp3) is 0.211. The second kappa shape index (κ2) is 6.76. The van der Waals surface area contributed by atoms with E-state index in [0.29, 0.717) is 23.7 Å². The Bertz CT molecular complexity index is 859. The molecule has 0 spiro atoms. The van der Waals surface area contributed by atoms with Gasteiger partial charge in [0.25, 0.3) is 0 Å². The van der Waals surface area contributed by atoms with Gasteiger partial charge in [0.15, 0.2) is 0 Å². The number of benzene rings is 2. The molecule has 0 fully saturated rings. The van der Waals surface area contributed by atoms with Crippen LogP contribution in [-0.4, -0.2) is 11.2 Å². The van der Waals surface area contributed by atoms with Crippen molar-refractivity contribution in [1.29, 1.82) is 5.26 Å². The van der Waals surface area contributed by atoms with Gasteiger partial charge in [-0.1, -0.05) is 36.7 Å². The topological polar surface area (TPSA) is 38.0 Å². The molecule has 3 aromatic rings. The van der Waals surface area contributed by atoms with Gasteiger partial charge in [-0.2, -0.15) is 5.26 Å². The first-order valence-electron chi connectivity index (χ1n) is 7.62. The molecular formula is C19H17ClN2O. The van der Waals surface area contributed by atoms with E-state index in [-0.39, 0.29) is 0 Å². The third-order valence-electron chi connectivity index (χ3n) is 3.90. The lowest BCUT2D eigenvalue weighted by atomic mass is 10.1. The summed E-state index contributed by atoms with van der Waals surface area (Å²) in [6, 6.07) is 15.7. The van der Waals surface area contributed by atoms with Crippen LogP contribution in [-0.2, 0) is 13.0 Å². The Kier molecular flexibility index (Phi) is 4.55. The zero-order valence-corrected chi connectivity index (χ0v) is 13.7. The molecule has 0 unspecified atom stereocenters. The predicted molar refractivity (Wildman–Crippen MR) is 93.0 cm³/mol. The minimum atomic E-state index is 0.536. The predicted octanol–water partition coefficient (Wildman–Crippen LogP) is 4.81. The fourth-order valence-corrected chi connectivity index (χ4v) is 2.91. The number of ether oxygens (including phenoxy) is 1. The molecule has 23 heavy (non-hydrogen) atoms. The average molecular weight is 325 g/mol. The van der Waals surface area contributed by atoms with Crippen molar-refractivity contribution >= 4 is 22.5 Å². The van der Waals surface area contributed by atoms with E-state index in [0.717, 1.165) is 23.1 Å². The number of halogens is 1. The van der Waals surface area contributed by atoms with E-state index in [1.807, 2.05) is 42.6 Å². The van der Waals surface area contributed by atoms with Crippen molar-refractivity contribution in [1.82, 2.24) is 4.57 Å². The Morgan fingerprint density at radius 1 is 1.17 bits per heavy atom. The normalized spacial score (nSPS) is 10.7. The standard InChI is InChI=1S/C19H17ClN2O/c1-2-14-4-3-5-18-15(12-21)13-22(19(14)18)10-11-23-17-8-6-16(20)7-9-17/h3-9,13H,2,10-11H2,1H3. The van der Waals surface area contributed by atoms with Gasteiger partial charge in [0.2, 0.25) is 0 Å². The van der Waals surface area contributed by atoms with Crippen LogP contribution in [0.15, 0.2) is 48.7 Å². The van der Waals surface area contributed by atoms with Crippen LogP contribution in [0.4, 0.5) is 0 Å². The number of fused-ring (bicyclic) bond motifs is 1. The van der Waals surface area contributed by atoms with Crippen molar-refractivity contribution in [2.24, 2.45) is 0 Å². The molecule has 3 rings (SSSR count). The Morgan fingerprint density at radius 3 is 2.65 bits per heavy atom. The Labute approximate surface area is 140 Å². The number of hydrogen-bond acceptors (Lipinski definition) is 2. The Hall–Kier alpha value is -2.44. The first-order valence-corrected chi connectivity index (χ1v) is 8.00. The van der Waals surface area contributed by atoms with Gasteiger partial charge in [-0.05, 0) is 36.2 Å². The molecule has 0 atom stereocenters. The molecule has 0 aliphatic rings. The highest BCUT2D eigenvalue weighted by molar-refractivity contribution is 6.30. The molecule has 0 amide bonds. The number of hydrogen-bond donors (Lipinski definition) is 0. The van der Waals surface area contributed by atoms with E-state index < -0.39 is 0 Å². The second-order valence-corrected chi connectivity index (χ2v) is 5.75. The zero-order chi connectivity index (χ0) is 16.2. The van der Waals surface area contributed by atoms with Crippen LogP contribution in [0.2, 0.25) is 5.02 Å². The average Bonchev–Trinajstić information content (AvgIpc) is 2.95. The molecule has 1 aromatic heterocycles. The number of nitrogens with zero attached hydrogens (tertiary/aromatic N) is 2. The number of aryl methyl sites for hydroxylation is 1. The summed E-state index contributed by atoms with van der Waals surface area (Å²) < 4.78 is 7.88. The zero-order valence-electron chi connectivity index (χ0n) is 12.9. The van der Waals surface area contributed by atoms with Crippen LogP contribution < -0.4 is 4.74 Å². The number of aromatic nitrogens is 1. The molecule has 0 bridgehead atoms. The maximum Gasteiger partial charge on any atom is 0.119 e. The van der Waals surface area contributed by atoms with Crippen LogP contribution in [0.3, 0.4) is 0 Å². The molecule has 2 aromatic carbocycles. The van der Waals surface area contributed by atoms with E-state index in [4.69, 9.17) is 16.3 Å². The van der Waals surface area contributed by atoms with Crippen molar-refractivity contribution < 1.29 is 4.74 Å². The van der Waals surface area contributed by atoms with Crippen molar-refractivity contribution in [3.63, 3.8) is 0 Å². The first kappa shape index (κ1) is 15.5. The van der Waals surface area contributed by atoms with Gasteiger partial charge >= 0.3 is 0 Å². The lowest BCUT2D eigenvalue weighted by Gasteiger charge is -2.10. The lowest BCUT2D eigenvalue weighted by Crippen LogP contribution is -2.08. The summed E-state index contributed by atoms with van der Waals surface area (Å²) in [5.41, 5.74) is 3.09. The molecule has 0 N–H and O–H groups in total. The molecule has 0 saturated heterocycles. The van der Waals surface area contributed by atoms with Crippen LogP contribution in [0.25, 0.3) is 10.9 Å². The van der Waals surface area contributed by atoms with Crippen LogP contribution in [0.1, 0.15) is 18.1 Å². The van der Waals surface area contributed by atoms with Gasteiger partial charge in [-0.25, -0.2) is 0 Å². The smallest absolute Gasteiger partial charge is 0.119 e. The maximum absolute atomic E-state index is 9.33. The largest absolute Gasteiger partial charge is 0.492 e. The molecule has 0 saturated carbocycles. The lowest BCUT2D eigenvalue weighted by molar-refractivity contribution is 0.300. The first-order chi connectivity index (χ1) is 11.2. The quantitative estimate of drug-likeness (QED) is 0.675. The number of rotatable bonds is 5. The van der Waals surface area contributed by atoms with Crippen LogP contribution in [0.5, 0.6) is 5.75 Å².